The van der Waals surface area contributed by atoms with Crippen molar-refractivity contribution in [1.29, 1.82) is 0 Å². The maximum Gasteiger partial charge on any atom is 0.167 e. The van der Waals surface area contributed by atoms with E-state index in [9.17, 15) is 4.39 Å². The Morgan fingerprint density at radius 3 is 2.67 bits per heavy atom. The van der Waals surface area contributed by atoms with E-state index in [0.717, 1.165) is 18.8 Å². The minimum Gasteiger partial charge on any atom is -0.494 e. The van der Waals surface area contributed by atoms with E-state index in [1.807, 2.05) is 6.07 Å². The van der Waals surface area contributed by atoms with Crippen molar-refractivity contribution >= 4 is 48.9 Å². The summed E-state index contributed by atoms with van der Waals surface area (Å²) in [5.41, 5.74) is 0.731. The topological polar surface area (TPSA) is 21.3 Å². The number of rotatable bonds is 4. The molecule has 0 amide bonds. The van der Waals surface area contributed by atoms with Gasteiger partial charge in [-0.1, -0.05) is 0 Å². The van der Waals surface area contributed by atoms with Crippen LogP contribution >= 0.6 is 43.2 Å². The van der Waals surface area contributed by atoms with E-state index < -0.39 is 0 Å². The van der Waals surface area contributed by atoms with E-state index in [4.69, 9.17) is 4.74 Å². The molecule has 0 aliphatic heterocycles. The van der Waals surface area contributed by atoms with E-state index in [-0.39, 0.29) is 11.6 Å². The van der Waals surface area contributed by atoms with Crippen molar-refractivity contribution in [3.63, 3.8) is 0 Å². The highest BCUT2D eigenvalue weighted by Crippen LogP contribution is 2.32. The number of ether oxygens (including phenoxy) is 1. The zero-order chi connectivity index (χ0) is 13.1. The Bertz CT molecular complexity index is 540. The van der Waals surface area contributed by atoms with E-state index in [1.54, 1.807) is 23.5 Å². The smallest absolute Gasteiger partial charge is 0.167 e. The molecule has 0 bridgehead atoms. The Morgan fingerprint density at radius 2 is 2.11 bits per heavy atom. The fourth-order valence-electron chi connectivity index (χ4n) is 1.44. The summed E-state index contributed by atoms with van der Waals surface area (Å²) in [6, 6.07) is 6.86. The van der Waals surface area contributed by atoms with Crippen LogP contribution in [-0.4, -0.2) is 7.11 Å². The molecular formula is C12H10Br2FNOS. The van der Waals surface area contributed by atoms with Gasteiger partial charge in [-0.3, -0.25) is 0 Å². The lowest BCUT2D eigenvalue weighted by atomic mass is 10.3. The van der Waals surface area contributed by atoms with Gasteiger partial charge in [-0.05, 0) is 50.1 Å². The first-order chi connectivity index (χ1) is 8.60. The summed E-state index contributed by atoms with van der Waals surface area (Å²) in [5, 5.41) is 3.17. The van der Waals surface area contributed by atoms with Crippen molar-refractivity contribution in [2.75, 3.05) is 12.4 Å². The summed E-state index contributed by atoms with van der Waals surface area (Å²) < 4.78 is 20.4. The molecule has 2 rings (SSSR count). The number of nitrogens with one attached hydrogen (secondary N) is 1. The summed E-state index contributed by atoms with van der Waals surface area (Å²) >= 11 is 8.51. The molecule has 2 aromatic rings. The SMILES string of the molecule is COc1ccc(NCc2cc(Br)c(Br)s2)cc1F. The largest absolute Gasteiger partial charge is 0.494 e. The van der Waals surface area contributed by atoms with Crippen LogP contribution < -0.4 is 10.1 Å². The molecule has 1 aromatic carbocycles. The van der Waals surface area contributed by atoms with Gasteiger partial charge in [-0.25, -0.2) is 4.39 Å². The van der Waals surface area contributed by atoms with Gasteiger partial charge in [0.25, 0.3) is 0 Å². The number of hydrogen-bond acceptors (Lipinski definition) is 3. The van der Waals surface area contributed by atoms with Gasteiger partial charge in [-0.2, -0.15) is 0 Å². The summed E-state index contributed by atoms with van der Waals surface area (Å²) in [5.74, 6) is -0.113. The van der Waals surface area contributed by atoms with E-state index in [0.29, 0.717) is 6.54 Å². The minimum atomic E-state index is -0.365. The van der Waals surface area contributed by atoms with Gasteiger partial charge in [0.05, 0.1) is 10.9 Å². The zero-order valence-electron chi connectivity index (χ0n) is 9.47. The van der Waals surface area contributed by atoms with Crippen LogP contribution in [0.3, 0.4) is 0 Å². The molecule has 0 radical (unpaired) electrons. The molecule has 0 saturated heterocycles. The number of benzene rings is 1. The van der Waals surface area contributed by atoms with Gasteiger partial charge in [0.2, 0.25) is 0 Å². The molecule has 1 N–H and O–H groups in total. The molecule has 6 heteroatoms. The van der Waals surface area contributed by atoms with Crippen molar-refractivity contribution in [3.05, 3.63) is 43.2 Å². The van der Waals surface area contributed by atoms with Crippen LogP contribution in [0.25, 0.3) is 0 Å². The first kappa shape index (κ1) is 13.8. The molecule has 0 aliphatic carbocycles. The van der Waals surface area contributed by atoms with Crippen LogP contribution in [0.5, 0.6) is 5.75 Å². The molecule has 0 atom stereocenters. The van der Waals surface area contributed by atoms with Crippen LogP contribution in [0.15, 0.2) is 32.5 Å². The van der Waals surface area contributed by atoms with Crippen LogP contribution in [0, 0.1) is 5.82 Å². The summed E-state index contributed by atoms with van der Waals surface area (Å²) in [6.45, 7) is 0.653. The van der Waals surface area contributed by atoms with Gasteiger partial charge in [0, 0.05) is 27.6 Å². The van der Waals surface area contributed by atoms with Crippen molar-refractivity contribution < 1.29 is 9.13 Å². The van der Waals surface area contributed by atoms with Crippen LogP contribution in [0.4, 0.5) is 10.1 Å². The molecule has 1 heterocycles. The van der Waals surface area contributed by atoms with Crippen LogP contribution in [0.1, 0.15) is 4.88 Å². The van der Waals surface area contributed by atoms with E-state index in [1.165, 1.54) is 13.2 Å². The van der Waals surface area contributed by atoms with Gasteiger partial charge in [0.15, 0.2) is 11.6 Å². The third kappa shape index (κ3) is 3.24. The molecule has 0 saturated carbocycles. The highest BCUT2D eigenvalue weighted by Gasteiger charge is 2.06. The average Bonchev–Trinajstić information content (AvgIpc) is 2.66. The second kappa shape index (κ2) is 6.04. The molecule has 0 aliphatic rings. The maximum atomic E-state index is 13.5. The highest BCUT2D eigenvalue weighted by atomic mass is 79.9. The van der Waals surface area contributed by atoms with Gasteiger partial charge in [0.1, 0.15) is 0 Å². The number of hydrogen-bond donors (Lipinski definition) is 1. The molecular weight excluding hydrogens is 385 g/mol. The molecule has 18 heavy (non-hydrogen) atoms. The summed E-state index contributed by atoms with van der Waals surface area (Å²) in [4.78, 5) is 1.16. The van der Waals surface area contributed by atoms with E-state index >= 15 is 0 Å². The molecule has 1 aromatic heterocycles. The van der Waals surface area contributed by atoms with Crippen molar-refractivity contribution in [1.82, 2.24) is 0 Å². The molecule has 2 nitrogen and oxygen atoms in total. The minimum absolute atomic E-state index is 0.252. The molecule has 0 fully saturated rings. The first-order valence-corrected chi connectivity index (χ1v) is 7.51. The molecule has 0 spiro atoms. The lowest BCUT2D eigenvalue weighted by molar-refractivity contribution is 0.386. The predicted molar refractivity (Wildman–Crippen MR) is 80.0 cm³/mol. The van der Waals surface area contributed by atoms with Gasteiger partial charge < -0.3 is 10.1 Å². The Hall–Kier alpha value is -0.590. The lowest BCUT2D eigenvalue weighted by Crippen LogP contribution is -1.98. The number of halogens is 3. The van der Waals surface area contributed by atoms with Crippen LogP contribution in [0.2, 0.25) is 0 Å². The fraction of sp³-hybridized carbons (Fsp3) is 0.167. The monoisotopic (exact) mass is 393 g/mol. The Labute approximate surface area is 125 Å². The summed E-state index contributed by atoms with van der Waals surface area (Å²) in [6.07, 6.45) is 0. The average molecular weight is 395 g/mol. The Morgan fingerprint density at radius 1 is 1.33 bits per heavy atom. The third-order valence-corrected chi connectivity index (χ3v) is 5.57. The number of methoxy groups -OCH3 is 1. The second-order valence-corrected chi connectivity index (χ2v) is 6.85. The molecule has 96 valence electrons. The van der Waals surface area contributed by atoms with Crippen molar-refractivity contribution in [3.8, 4) is 5.75 Å². The van der Waals surface area contributed by atoms with Crippen molar-refractivity contribution in [2.24, 2.45) is 0 Å². The first-order valence-electron chi connectivity index (χ1n) is 5.11. The fourth-order valence-corrected chi connectivity index (χ4v) is 3.56. The quantitative estimate of drug-likeness (QED) is 0.784. The van der Waals surface area contributed by atoms with Crippen LogP contribution in [-0.2, 0) is 6.54 Å². The summed E-state index contributed by atoms with van der Waals surface area (Å²) in [7, 11) is 1.45. The molecule has 0 unspecified atom stereocenters. The second-order valence-electron chi connectivity index (χ2n) is 3.54. The number of thiophene rings is 1. The predicted octanol–water partition coefficient (Wildman–Crippen LogP) is 5.03. The van der Waals surface area contributed by atoms with Crippen molar-refractivity contribution in [2.45, 2.75) is 6.54 Å². The van der Waals surface area contributed by atoms with Gasteiger partial charge >= 0.3 is 0 Å². The van der Waals surface area contributed by atoms with Gasteiger partial charge in [-0.15, -0.1) is 11.3 Å². The standard InChI is InChI=1S/C12H10Br2FNOS/c1-17-11-3-2-7(4-10(11)15)16-6-8-5-9(13)12(14)18-8/h2-5,16H,6H2,1H3. The highest BCUT2D eigenvalue weighted by molar-refractivity contribution is 9.13. The Balaban J connectivity index is 2.04. The number of anilines is 1. The zero-order valence-corrected chi connectivity index (χ0v) is 13.5. The van der Waals surface area contributed by atoms with E-state index in [2.05, 4.69) is 37.2 Å². The Kier molecular flexibility index (Phi) is 4.64. The third-order valence-electron chi connectivity index (χ3n) is 2.31. The normalized spacial score (nSPS) is 10.4. The maximum absolute atomic E-state index is 13.5. The lowest BCUT2D eigenvalue weighted by Gasteiger charge is -2.07.